The van der Waals surface area contributed by atoms with Crippen molar-refractivity contribution in [2.45, 2.75) is 111 Å². The second kappa shape index (κ2) is 38.6. The molecule has 0 radical (unpaired) electrons. The summed E-state index contributed by atoms with van der Waals surface area (Å²) in [5.41, 5.74) is 59.1. The number of hydrogen-bond acceptors (Lipinski definition) is 6. The largest absolute Gasteiger partial charge is 0.478 e. The molecule has 6 N–H and O–H groups in total. The molecule has 8 bridgehead atoms. The standard InChI is InChI=1S/C136H110N4O8/c1-73-65-113(117-69-77(5)109(61-85(117)13)93-25-41-101(42-26-93)133(141)142)81(9)57-105(73)89-17-33-97(34-18-89)129-121-49-51-123(137-121)130(98-35-19-90(20-36-98)106-58-82(10)114(66-74(106)2)118-70-78(6)110(62-86(118)14)94-27-43-102(44-28-94)134(143)144)125-53-55-127(139-125)132(100-39-23-92(24-40-100)108-60-84(12)116(68-76(108)4)120-72-80(8)112(64-88(120)16)96-31-47-104(48-32-96)136(147)148)128-56-54-126(140-128)131(124-52-50-122(129)138-124)99-37-21-91(22-38-99)107-59-83(11)115(67-75(107)3)119-71-79(7)111(63-87(119)15)95-29-45-103(46-30-95)135(145)146/h17-72,137,140H,1-16H3,(H,141,142)(H,143,144)(H,145,146)(H,147,148). The minimum absolute atomic E-state index is 0.254. The number of carbonyl (C=O) groups is 4. The third kappa shape index (κ3) is 18.1. The highest BCUT2D eigenvalue weighted by Crippen LogP contribution is 2.48. The molecule has 0 unspecified atom stereocenters. The van der Waals surface area contributed by atoms with Crippen LogP contribution < -0.4 is 0 Å². The first-order valence-electron chi connectivity index (χ1n) is 50.1. The van der Waals surface area contributed by atoms with Crippen LogP contribution in [0, 0.1) is 111 Å². The van der Waals surface area contributed by atoms with Crippen LogP contribution in [0.1, 0.15) is 153 Å². The zero-order valence-corrected chi connectivity index (χ0v) is 85.6. The van der Waals surface area contributed by atoms with Gasteiger partial charge < -0.3 is 30.4 Å². The maximum atomic E-state index is 11.8. The molecule has 5 heterocycles. The summed E-state index contributed by atoms with van der Waals surface area (Å²) in [6, 6.07) is 109. The predicted octanol–water partition coefficient (Wildman–Crippen LogP) is 35.1. The van der Waals surface area contributed by atoms with Gasteiger partial charge in [-0.1, -0.05) is 243 Å². The van der Waals surface area contributed by atoms with Gasteiger partial charge in [-0.05, 0) is 453 Å². The predicted molar refractivity (Wildman–Crippen MR) is 609 cm³/mol. The molecule has 12 heteroatoms. The summed E-state index contributed by atoms with van der Waals surface area (Å²) in [6.45, 7) is 34.6. The van der Waals surface area contributed by atoms with Crippen LogP contribution in [0.3, 0.4) is 0 Å². The van der Waals surface area contributed by atoms with Crippen molar-refractivity contribution < 1.29 is 39.6 Å². The highest BCUT2D eigenvalue weighted by Gasteiger charge is 2.27. The van der Waals surface area contributed by atoms with Gasteiger partial charge in [0.1, 0.15) is 0 Å². The Morgan fingerprint density at radius 1 is 0.162 bits per heavy atom. The number of fused-ring (bicyclic) bond motifs is 8. The van der Waals surface area contributed by atoms with Crippen molar-refractivity contribution in [3.8, 4) is 178 Å². The molecule has 16 aromatic carbocycles. The van der Waals surface area contributed by atoms with Crippen LogP contribution in [0.25, 0.3) is 224 Å². The normalized spacial score (nSPS) is 11.7. The van der Waals surface area contributed by atoms with E-state index in [1.54, 1.807) is 48.5 Å². The number of carboxylic acid groups (broad SMARTS) is 4. The molecule has 3 aromatic heterocycles. The number of nitrogens with one attached hydrogen (secondary N) is 2. The second-order valence-electron chi connectivity index (χ2n) is 40.2. The lowest BCUT2D eigenvalue weighted by Crippen LogP contribution is -1.96. The van der Waals surface area contributed by atoms with Crippen LogP contribution in [0.2, 0.25) is 0 Å². The van der Waals surface area contributed by atoms with E-state index in [4.69, 9.17) is 9.97 Å². The van der Waals surface area contributed by atoms with E-state index in [9.17, 15) is 39.6 Å². The minimum atomic E-state index is -0.950. The Kier molecular flexibility index (Phi) is 25.1. The van der Waals surface area contributed by atoms with E-state index >= 15 is 0 Å². The Morgan fingerprint density at radius 2 is 0.277 bits per heavy atom. The van der Waals surface area contributed by atoms with Gasteiger partial charge in [0.05, 0.1) is 45.0 Å². The number of benzene rings is 16. The van der Waals surface area contributed by atoms with Gasteiger partial charge in [0.2, 0.25) is 0 Å². The highest BCUT2D eigenvalue weighted by atomic mass is 16.4. The molecule has 0 amide bonds. The summed E-state index contributed by atoms with van der Waals surface area (Å²) in [5, 5.41) is 38.7. The molecule has 0 saturated heterocycles. The Hall–Kier alpha value is -18.0. The fraction of sp³-hybridized carbons (Fsp3) is 0.118. The molecule has 2 aliphatic rings. The maximum absolute atomic E-state index is 11.8. The number of carboxylic acids is 4. The quantitative estimate of drug-likeness (QED) is 0.0426. The summed E-state index contributed by atoms with van der Waals surface area (Å²) in [4.78, 5) is 67.1. The van der Waals surface area contributed by atoms with Gasteiger partial charge in [0.15, 0.2) is 0 Å². The molecular weight excluding hydrogens is 1820 g/mol. The molecule has 722 valence electrons. The van der Waals surface area contributed by atoms with E-state index < -0.39 is 23.9 Å². The van der Waals surface area contributed by atoms with E-state index in [1.807, 2.05) is 48.5 Å². The van der Waals surface area contributed by atoms with Crippen molar-refractivity contribution in [1.29, 1.82) is 0 Å². The summed E-state index contributed by atoms with van der Waals surface area (Å²) < 4.78 is 0. The van der Waals surface area contributed by atoms with Gasteiger partial charge in [-0.25, -0.2) is 29.1 Å². The Labute approximate surface area is 862 Å². The maximum Gasteiger partial charge on any atom is 0.335 e. The molecule has 21 rings (SSSR count). The number of hydrogen-bond donors (Lipinski definition) is 6. The number of aromatic carboxylic acids is 4. The Bertz CT molecular complexity index is 8000. The SMILES string of the molecule is Cc1cc(-c2cc(C)c(-c3ccc(-c4c5nc(c(-c6ccc(-c7cc(C)c(-c8cc(C)c(-c9ccc(C(=O)O)cc9)cc8C)cc7C)cc6)c6ccc([nH]6)c(-c6ccc(-c7cc(C)c(-c8cc(C)c(-c9ccc(C(=O)O)cc9)cc8C)cc7C)cc6)c6nc(c(-c7ccc(-c8cc(C)c(-c9cc(C)c(-c%10ccc(C(=O)O)cc%10)cc9C)cc8C)cc7)c7ccc4[nH]7)C=C6)C=C5)cc3)cc2C)c(C)cc1-c1ccc(C(=O)O)cc1. The Balaban J connectivity index is 0.712. The van der Waals surface area contributed by atoms with E-state index in [1.165, 1.54) is 0 Å². The Morgan fingerprint density at radius 3 is 0.412 bits per heavy atom. The van der Waals surface area contributed by atoms with Crippen LogP contribution in [0.5, 0.6) is 0 Å². The number of aromatic nitrogens is 4. The summed E-state index contributed by atoms with van der Waals surface area (Å²) in [6.07, 6.45) is 8.64. The van der Waals surface area contributed by atoms with E-state index in [0.717, 1.165) is 312 Å². The fourth-order valence-electron chi connectivity index (χ4n) is 22.2. The number of rotatable bonds is 20. The van der Waals surface area contributed by atoms with Gasteiger partial charge in [-0.15, -0.1) is 0 Å². The van der Waals surface area contributed by atoms with Gasteiger partial charge in [-0.3, -0.25) is 0 Å². The molecular formula is C136H110N4O8. The van der Waals surface area contributed by atoms with Crippen molar-refractivity contribution in [3.63, 3.8) is 0 Å². The lowest BCUT2D eigenvalue weighted by molar-refractivity contribution is 0.0686. The molecule has 2 aliphatic heterocycles. The molecule has 12 nitrogen and oxygen atoms in total. The third-order valence-corrected chi connectivity index (χ3v) is 30.2. The van der Waals surface area contributed by atoms with Gasteiger partial charge in [0, 0.05) is 44.3 Å². The van der Waals surface area contributed by atoms with Gasteiger partial charge in [0.25, 0.3) is 0 Å². The number of H-pyrrole nitrogens is 2. The van der Waals surface area contributed by atoms with Crippen molar-refractivity contribution in [2.24, 2.45) is 0 Å². The first kappa shape index (κ1) is 96.1. The average Bonchev–Trinajstić information content (AvgIpc) is 1.56. The lowest BCUT2D eigenvalue weighted by Gasteiger charge is -2.17. The van der Waals surface area contributed by atoms with Crippen molar-refractivity contribution in [1.82, 2.24) is 19.9 Å². The van der Waals surface area contributed by atoms with Crippen molar-refractivity contribution in [3.05, 3.63) is 449 Å². The van der Waals surface area contributed by atoms with E-state index in [0.29, 0.717) is 0 Å². The molecule has 19 aromatic rings. The zero-order valence-electron chi connectivity index (χ0n) is 85.6. The van der Waals surface area contributed by atoms with Crippen LogP contribution in [0.15, 0.2) is 315 Å². The number of nitrogens with zero attached hydrogens (tertiary/aromatic N) is 2. The first-order chi connectivity index (χ1) is 71.2. The monoisotopic (exact) mass is 1930 g/mol. The van der Waals surface area contributed by atoms with Gasteiger partial charge in [-0.2, -0.15) is 0 Å². The van der Waals surface area contributed by atoms with Crippen molar-refractivity contribution >= 4 is 70.2 Å². The molecule has 0 spiro atoms. The number of aromatic amines is 2. The zero-order chi connectivity index (χ0) is 103. The third-order valence-electron chi connectivity index (χ3n) is 30.2. The molecule has 0 saturated carbocycles. The topological polar surface area (TPSA) is 207 Å². The van der Waals surface area contributed by atoms with Gasteiger partial charge >= 0.3 is 23.9 Å². The van der Waals surface area contributed by atoms with E-state index in [2.05, 4.69) is 363 Å². The van der Waals surface area contributed by atoms with Crippen LogP contribution in [-0.2, 0) is 0 Å². The average molecular weight is 1930 g/mol. The molecule has 0 fully saturated rings. The van der Waals surface area contributed by atoms with Crippen molar-refractivity contribution in [2.75, 3.05) is 0 Å². The smallest absolute Gasteiger partial charge is 0.335 e. The fourth-order valence-corrected chi connectivity index (χ4v) is 22.2. The van der Waals surface area contributed by atoms with Crippen LogP contribution in [-0.4, -0.2) is 64.2 Å². The van der Waals surface area contributed by atoms with Crippen LogP contribution in [0.4, 0.5) is 0 Å². The highest BCUT2D eigenvalue weighted by molar-refractivity contribution is 6.03. The molecule has 0 aliphatic carbocycles. The lowest BCUT2D eigenvalue weighted by atomic mass is 9.87. The second-order valence-corrected chi connectivity index (χ2v) is 40.2. The summed E-state index contributed by atoms with van der Waals surface area (Å²) in [7, 11) is 0. The molecule has 148 heavy (non-hydrogen) atoms. The van der Waals surface area contributed by atoms with Crippen LogP contribution >= 0.6 is 0 Å². The summed E-state index contributed by atoms with van der Waals surface area (Å²) in [5.74, 6) is -3.80. The summed E-state index contributed by atoms with van der Waals surface area (Å²) >= 11 is 0. The minimum Gasteiger partial charge on any atom is -0.478 e. The van der Waals surface area contributed by atoms with E-state index in [-0.39, 0.29) is 22.3 Å². The number of aryl methyl sites for hydroxylation is 16. The first-order valence-corrected chi connectivity index (χ1v) is 50.1. The molecule has 0 atom stereocenters.